The van der Waals surface area contributed by atoms with Crippen molar-refractivity contribution in [1.29, 1.82) is 0 Å². The fraction of sp³-hybridized carbons (Fsp3) is 0.357. The van der Waals surface area contributed by atoms with Crippen LogP contribution >= 0.6 is 0 Å². The minimum atomic E-state index is -0.250. The first-order valence-corrected chi connectivity index (χ1v) is 11.1. The number of para-hydroxylation sites is 1. The van der Waals surface area contributed by atoms with Crippen LogP contribution in [0, 0.1) is 5.82 Å². The zero-order valence-electron chi connectivity index (χ0n) is 18.7. The smallest absolute Gasteiger partial charge is 0.130 e. The van der Waals surface area contributed by atoms with E-state index >= 15 is 0 Å². The Hall–Kier alpha value is -2.61. The van der Waals surface area contributed by atoms with E-state index in [1.807, 2.05) is 36.4 Å². The highest BCUT2D eigenvalue weighted by atomic mass is 19.1. The average Bonchev–Trinajstić information content (AvgIpc) is 2.73. The number of ether oxygens (including phenoxy) is 1. The van der Waals surface area contributed by atoms with E-state index < -0.39 is 0 Å². The molecule has 2 heteroatoms. The van der Waals surface area contributed by atoms with E-state index in [1.54, 1.807) is 6.07 Å². The molecule has 0 bridgehead atoms. The largest absolute Gasteiger partial charge is 0.457 e. The minimum absolute atomic E-state index is 0.0902. The van der Waals surface area contributed by atoms with Crippen LogP contribution < -0.4 is 4.74 Å². The molecule has 0 saturated heterocycles. The topological polar surface area (TPSA) is 9.23 Å². The van der Waals surface area contributed by atoms with Crippen LogP contribution in [0.2, 0.25) is 0 Å². The Morgan fingerprint density at radius 3 is 2.23 bits per heavy atom. The molecule has 0 aliphatic rings. The maximum absolute atomic E-state index is 14.1. The van der Waals surface area contributed by atoms with E-state index in [2.05, 4.69) is 45.9 Å². The van der Waals surface area contributed by atoms with Crippen LogP contribution in [0.5, 0.6) is 11.5 Å². The third kappa shape index (κ3) is 5.72. The third-order valence-corrected chi connectivity index (χ3v) is 5.93. The van der Waals surface area contributed by atoms with Crippen molar-refractivity contribution < 1.29 is 9.13 Å². The molecule has 3 rings (SSSR count). The van der Waals surface area contributed by atoms with Gasteiger partial charge in [-0.15, -0.1) is 0 Å². The predicted molar refractivity (Wildman–Crippen MR) is 124 cm³/mol. The summed E-state index contributed by atoms with van der Waals surface area (Å²) in [4.78, 5) is 0. The van der Waals surface area contributed by atoms with Crippen molar-refractivity contribution in [2.75, 3.05) is 0 Å². The fourth-order valence-corrected chi connectivity index (χ4v) is 4.05. The fourth-order valence-electron chi connectivity index (χ4n) is 4.05. The summed E-state index contributed by atoms with van der Waals surface area (Å²) in [5.41, 5.74) is 5.36. The van der Waals surface area contributed by atoms with Gasteiger partial charge in [0, 0.05) is 6.07 Å². The van der Waals surface area contributed by atoms with E-state index in [9.17, 15) is 4.39 Å². The molecule has 0 radical (unpaired) electrons. The summed E-state index contributed by atoms with van der Waals surface area (Å²) < 4.78 is 20.0. The predicted octanol–water partition coefficient (Wildman–Crippen LogP) is 8.04. The molecule has 0 unspecified atom stereocenters. The molecule has 0 aliphatic carbocycles. The van der Waals surface area contributed by atoms with Gasteiger partial charge in [-0.3, -0.25) is 0 Å². The van der Waals surface area contributed by atoms with Gasteiger partial charge in [-0.2, -0.15) is 0 Å². The normalized spacial score (nSPS) is 11.5. The Bertz CT molecular complexity index is 960. The first-order valence-electron chi connectivity index (χ1n) is 11.1. The highest BCUT2D eigenvalue weighted by Gasteiger charge is 2.21. The summed E-state index contributed by atoms with van der Waals surface area (Å²) in [6, 6.07) is 21.5. The van der Waals surface area contributed by atoms with E-state index in [0.717, 1.165) is 43.4 Å². The van der Waals surface area contributed by atoms with E-state index in [-0.39, 0.29) is 11.2 Å². The van der Waals surface area contributed by atoms with Gasteiger partial charge < -0.3 is 4.74 Å². The molecule has 30 heavy (non-hydrogen) atoms. The number of halogens is 1. The summed E-state index contributed by atoms with van der Waals surface area (Å²) in [6.07, 6.45) is 5.03. The number of aryl methyl sites for hydroxylation is 3. The molecule has 0 aromatic heterocycles. The Morgan fingerprint density at radius 2 is 1.53 bits per heavy atom. The van der Waals surface area contributed by atoms with Crippen molar-refractivity contribution in [3.63, 3.8) is 0 Å². The van der Waals surface area contributed by atoms with E-state index in [0.29, 0.717) is 5.75 Å². The minimum Gasteiger partial charge on any atom is -0.457 e. The number of hydrogen-bond donors (Lipinski definition) is 0. The number of benzene rings is 3. The van der Waals surface area contributed by atoms with Gasteiger partial charge in [0.25, 0.3) is 0 Å². The van der Waals surface area contributed by atoms with Crippen LogP contribution in [0.25, 0.3) is 0 Å². The zero-order valence-corrected chi connectivity index (χ0v) is 18.7. The van der Waals surface area contributed by atoms with Crippen LogP contribution in [0.3, 0.4) is 0 Å². The van der Waals surface area contributed by atoms with Crippen molar-refractivity contribution in [2.45, 2.75) is 65.2 Å². The maximum atomic E-state index is 14.1. The molecule has 158 valence electrons. The van der Waals surface area contributed by atoms with Gasteiger partial charge in [0.15, 0.2) is 0 Å². The molecule has 0 N–H and O–H groups in total. The highest BCUT2D eigenvalue weighted by Crippen LogP contribution is 2.31. The lowest BCUT2D eigenvalue weighted by molar-refractivity contribution is 0.458. The molecular weight excluding hydrogens is 371 g/mol. The lowest BCUT2D eigenvalue weighted by Crippen LogP contribution is -2.18. The van der Waals surface area contributed by atoms with Crippen LogP contribution in [-0.2, 0) is 24.7 Å². The van der Waals surface area contributed by atoms with Crippen LogP contribution in [0.4, 0.5) is 4.39 Å². The second kappa shape index (κ2) is 9.93. The second-order valence-electron chi connectivity index (χ2n) is 8.64. The Labute approximate surface area is 180 Å². The quantitative estimate of drug-likeness (QED) is 0.350. The molecule has 3 aromatic rings. The molecule has 0 saturated carbocycles. The Kier molecular flexibility index (Phi) is 7.31. The van der Waals surface area contributed by atoms with Gasteiger partial charge in [-0.05, 0) is 84.0 Å². The molecule has 1 nitrogen and oxygen atoms in total. The molecular formula is C28H33FO. The van der Waals surface area contributed by atoms with Crippen LogP contribution in [0.15, 0.2) is 66.7 Å². The zero-order chi connectivity index (χ0) is 21.6. The molecule has 3 aromatic carbocycles. The van der Waals surface area contributed by atoms with Gasteiger partial charge >= 0.3 is 0 Å². The van der Waals surface area contributed by atoms with Crippen molar-refractivity contribution in [3.8, 4) is 11.5 Å². The van der Waals surface area contributed by atoms with Gasteiger partial charge in [0.05, 0.1) is 0 Å². The van der Waals surface area contributed by atoms with Crippen LogP contribution in [-0.4, -0.2) is 0 Å². The Morgan fingerprint density at radius 1 is 0.800 bits per heavy atom. The first kappa shape index (κ1) is 22.1. The van der Waals surface area contributed by atoms with Gasteiger partial charge in [0.2, 0.25) is 0 Å². The molecule has 0 aliphatic heterocycles. The Balaban J connectivity index is 1.65. The summed E-state index contributed by atoms with van der Waals surface area (Å²) in [7, 11) is 0. The molecule has 0 fully saturated rings. The average molecular weight is 405 g/mol. The highest BCUT2D eigenvalue weighted by molar-refractivity contribution is 5.36. The van der Waals surface area contributed by atoms with Crippen molar-refractivity contribution in [1.82, 2.24) is 0 Å². The molecule has 0 atom stereocenters. The first-order chi connectivity index (χ1) is 14.4. The van der Waals surface area contributed by atoms with Crippen LogP contribution in [0.1, 0.15) is 62.8 Å². The van der Waals surface area contributed by atoms with Gasteiger partial charge in [-0.1, -0.05) is 64.1 Å². The molecule has 0 spiro atoms. The van der Waals surface area contributed by atoms with Crippen molar-refractivity contribution >= 4 is 0 Å². The maximum Gasteiger partial charge on any atom is 0.130 e. The number of rotatable bonds is 9. The SMILES string of the molecule is CCc1ccc(C(C)(C)CCCc2cc(F)cc(Oc3ccccc3)c2)cc1CC. The molecule has 0 amide bonds. The summed E-state index contributed by atoms with van der Waals surface area (Å²) in [6.45, 7) is 9.06. The summed E-state index contributed by atoms with van der Waals surface area (Å²) >= 11 is 0. The third-order valence-electron chi connectivity index (χ3n) is 5.93. The monoisotopic (exact) mass is 404 g/mol. The van der Waals surface area contributed by atoms with E-state index in [1.165, 1.54) is 22.8 Å². The second-order valence-corrected chi connectivity index (χ2v) is 8.64. The summed E-state index contributed by atoms with van der Waals surface area (Å²) in [5, 5.41) is 0. The molecule has 0 heterocycles. The van der Waals surface area contributed by atoms with Crippen molar-refractivity contribution in [2.24, 2.45) is 0 Å². The van der Waals surface area contributed by atoms with E-state index in [4.69, 9.17) is 4.74 Å². The van der Waals surface area contributed by atoms with Gasteiger partial charge in [0.1, 0.15) is 17.3 Å². The van der Waals surface area contributed by atoms with Crippen molar-refractivity contribution in [3.05, 3.63) is 94.8 Å². The van der Waals surface area contributed by atoms with Gasteiger partial charge in [-0.25, -0.2) is 4.39 Å². The lowest BCUT2D eigenvalue weighted by Gasteiger charge is -2.26. The lowest BCUT2D eigenvalue weighted by atomic mass is 9.78. The standard InChI is InChI=1S/C28H33FO/c1-5-22-14-15-24(19-23(22)6-2)28(3,4)16-10-11-21-17-25(29)20-27(18-21)30-26-12-8-7-9-13-26/h7-9,12-15,17-20H,5-6,10-11,16H2,1-4H3. The number of hydrogen-bond acceptors (Lipinski definition) is 1. The summed E-state index contributed by atoms with van der Waals surface area (Å²) in [5.74, 6) is 1.02.